The molecule has 1 aromatic heterocycles. The molecule has 1 unspecified atom stereocenters. The standard InChI is InChI=1S/C22H27FN2O3/c1-14-11-24-19(15(2)22(14)28-4)13-25-9-5-6-17(12-25)21(26)16-7-8-20(27-3)18(23)10-16/h7-8,10-11,17H,5-6,9,12-13H2,1-4H3. The van der Waals surface area contributed by atoms with E-state index in [-0.39, 0.29) is 17.5 Å². The van der Waals surface area contributed by atoms with Crippen LogP contribution < -0.4 is 9.47 Å². The molecule has 0 saturated carbocycles. The maximum absolute atomic E-state index is 14.0. The number of hydrogen-bond acceptors (Lipinski definition) is 5. The zero-order valence-corrected chi connectivity index (χ0v) is 16.9. The molecule has 2 aromatic rings. The lowest BCUT2D eigenvalue weighted by molar-refractivity contribution is 0.0809. The molecule has 3 rings (SSSR count). The average molecular weight is 386 g/mol. The monoisotopic (exact) mass is 386 g/mol. The van der Waals surface area contributed by atoms with Gasteiger partial charge >= 0.3 is 0 Å². The third kappa shape index (κ3) is 4.17. The smallest absolute Gasteiger partial charge is 0.167 e. The van der Waals surface area contributed by atoms with Crippen LogP contribution in [0.4, 0.5) is 4.39 Å². The van der Waals surface area contributed by atoms with Crippen LogP contribution in [0.25, 0.3) is 0 Å². The van der Waals surface area contributed by atoms with Gasteiger partial charge in [-0.25, -0.2) is 4.39 Å². The highest BCUT2D eigenvalue weighted by Crippen LogP contribution is 2.28. The van der Waals surface area contributed by atoms with Crippen LogP contribution in [0.5, 0.6) is 11.5 Å². The normalized spacial score (nSPS) is 17.4. The number of ketones is 1. The summed E-state index contributed by atoms with van der Waals surface area (Å²) >= 11 is 0. The first kappa shape index (κ1) is 20.3. The molecule has 0 aliphatic carbocycles. The van der Waals surface area contributed by atoms with Crippen molar-refractivity contribution >= 4 is 5.78 Å². The molecule has 1 fully saturated rings. The summed E-state index contributed by atoms with van der Waals surface area (Å²) in [5.74, 6) is 0.347. The Kier molecular flexibility index (Phi) is 6.29. The van der Waals surface area contributed by atoms with Crippen molar-refractivity contribution in [1.82, 2.24) is 9.88 Å². The molecular weight excluding hydrogens is 359 g/mol. The second kappa shape index (κ2) is 8.69. The molecule has 0 N–H and O–H groups in total. The number of benzene rings is 1. The fourth-order valence-electron chi connectivity index (χ4n) is 3.91. The van der Waals surface area contributed by atoms with Crippen LogP contribution >= 0.6 is 0 Å². The number of aromatic nitrogens is 1. The van der Waals surface area contributed by atoms with Gasteiger partial charge in [0.05, 0.1) is 19.9 Å². The molecule has 150 valence electrons. The van der Waals surface area contributed by atoms with Gasteiger partial charge in [0.2, 0.25) is 0 Å². The Morgan fingerprint density at radius 3 is 2.75 bits per heavy atom. The lowest BCUT2D eigenvalue weighted by atomic mass is 9.89. The lowest BCUT2D eigenvalue weighted by Crippen LogP contribution is -2.38. The van der Waals surface area contributed by atoms with Gasteiger partial charge in [0.25, 0.3) is 0 Å². The minimum Gasteiger partial charge on any atom is -0.496 e. The molecule has 0 radical (unpaired) electrons. The maximum atomic E-state index is 14.0. The van der Waals surface area contributed by atoms with Crippen molar-refractivity contribution in [2.45, 2.75) is 33.2 Å². The van der Waals surface area contributed by atoms with Gasteiger partial charge in [0.15, 0.2) is 17.3 Å². The number of hydrogen-bond donors (Lipinski definition) is 0. The SMILES string of the molecule is COc1ccc(C(=O)C2CCCN(Cc3ncc(C)c(OC)c3C)C2)cc1F. The third-order valence-electron chi connectivity index (χ3n) is 5.44. The van der Waals surface area contributed by atoms with E-state index in [1.807, 2.05) is 20.0 Å². The first-order valence-corrected chi connectivity index (χ1v) is 9.53. The first-order valence-electron chi connectivity index (χ1n) is 9.53. The van der Waals surface area contributed by atoms with Crippen LogP contribution in [0.2, 0.25) is 0 Å². The second-order valence-corrected chi connectivity index (χ2v) is 7.33. The number of methoxy groups -OCH3 is 2. The van der Waals surface area contributed by atoms with Crippen LogP contribution in [-0.4, -0.2) is 43.0 Å². The van der Waals surface area contributed by atoms with E-state index in [4.69, 9.17) is 9.47 Å². The molecule has 1 aromatic carbocycles. The largest absolute Gasteiger partial charge is 0.496 e. The second-order valence-electron chi connectivity index (χ2n) is 7.33. The number of carbonyl (C=O) groups is 1. The van der Waals surface area contributed by atoms with Gasteiger partial charge in [-0.2, -0.15) is 0 Å². The Balaban J connectivity index is 1.72. The van der Waals surface area contributed by atoms with E-state index in [0.717, 1.165) is 42.0 Å². The van der Waals surface area contributed by atoms with Crippen molar-refractivity contribution in [1.29, 1.82) is 0 Å². The van der Waals surface area contributed by atoms with Gasteiger partial charge in [0.1, 0.15) is 5.75 Å². The maximum Gasteiger partial charge on any atom is 0.167 e. The minimum atomic E-state index is -0.507. The zero-order chi connectivity index (χ0) is 20.3. The van der Waals surface area contributed by atoms with E-state index in [9.17, 15) is 9.18 Å². The van der Waals surface area contributed by atoms with Crippen molar-refractivity contribution < 1.29 is 18.7 Å². The summed E-state index contributed by atoms with van der Waals surface area (Å²) in [5.41, 5.74) is 3.41. The van der Waals surface area contributed by atoms with E-state index in [1.165, 1.54) is 19.2 Å². The number of halogens is 1. The Hall–Kier alpha value is -2.47. The van der Waals surface area contributed by atoms with Gasteiger partial charge < -0.3 is 9.47 Å². The molecular formula is C22H27FN2O3. The summed E-state index contributed by atoms with van der Waals surface area (Å²) in [6, 6.07) is 4.42. The quantitative estimate of drug-likeness (QED) is 0.704. The third-order valence-corrected chi connectivity index (χ3v) is 5.44. The fraction of sp³-hybridized carbons (Fsp3) is 0.455. The minimum absolute atomic E-state index is 0.0163. The van der Waals surface area contributed by atoms with E-state index in [2.05, 4.69) is 9.88 Å². The van der Waals surface area contributed by atoms with Crippen LogP contribution in [0.1, 0.15) is 40.0 Å². The Morgan fingerprint density at radius 1 is 1.29 bits per heavy atom. The predicted octanol–water partition coefficient (Wildman–Crippen LogP) is 3.95. The van der Waals surface area contributed by atoms with Crippen LogP contribution in [-0.2, 0) is 6.54 Å². The Bertz CT molecular complexity index is 869. The summed E-state index contributed by atoms with van der Waals surface area (Å²) in [5, 5.41) is 0. The average Bonchev–Trinajstić information content (AvgIpc) is 2.70. The highest BCUT2D eigenvalue weighted by molar-refractivity contribution is 5.98. The van der Waals surface area contributed by atoms with Gasteiger partial charge in [-0.1, -0.05) is 0 Å². The fourth-order valence-corrected chi connectivity index (χ4v) is 3.91. The molecule has 0 bridgehead atoms. The predicted molar refractivity (Wildman–Crippen MR) is 106 cm³/mol. The number of piperidine rings is 1. The van der Waals surface area contributed by atoms with Gasteiger partial charge in [0, 0.05) is 41.9 Å². The highest BCUT2D eigenvalue weighted by atomic mass is 19.1. The summed E-state index contributed by atoms with van der Waals surface area (Å²) in [7, 11) is 3.08. The number of aryl methyl sites for hydroxylation is 1. The summed E-state index contributed by atoms with van der Waals surface area (Å²) in [6.07, 6.45) is 3.57. The molecule has 0 spiro atoms. The van der Waals surface area contributed by atoms with E-state index >= 15 is 0 Å². The highest BCUT2D eigenvalue weighted by Gasteiger charge is 2.28. The molecule has 28 heavy (non-hydrogen) atoms. The van der Waals surface area contributed by atoms with Gasteiger partial charge in [-0.15, -0.1) is 0 Å². The number of nitrogens with zero attached hydrogens (tertiary/aromatic N) is 2. The summed E-state index contributed by atoms with van der Waals surface area (Å²) in [4.78, 5) is 19.7. The van der Waals surface area contributed by atoms with E-state index in [0.29, 0.717) is 18.7 Å². The van der Waals surface area contributed by atoms with Crippen molar-refractivity contribution in [3.8, 4) is 11.5 Å². The van der Waals surface area contributed by atoms with Crippen LogP contribution in [0.15, 0.2) is 24.4 Å². The van der Waals surface area contributed by atoms with Crippen LogP contribution in [0, 0.1) is 25.6 Å². The lowest BCUT2D eigenvalue weighted by Gasteiger charge is -2.32. The molecule has 1 aliphatic rings. The van der Waals surface area contributed by atoms with Crippen molar-refractivity contribution in [3.63, 3.8) is 0 Å². The topological polar surface area (TPSA) is 51.7 Å². The zero-order valence-electron chi connectivity index (χ0n) is 16.9. The first-order chi connectivity index (χ1) is 13.4. The van der Waals surface area contributed by atoms with Gasteiger partial charge in [-0.05, 0) is 51.4 Å². The van der Waals surface area contributed by atoms with Crippen molar-refractivity contribution in [3.05, 3.63) is 52.6 Å². The number of rotatable bonds is 6. The summed E-state index contributed by atoms with van der Waals surface area (Å²) in [6.45, 7) is 6.22. The Morgan fingerprint density at radius 2 is 2.07 bits per heavy atom. The van der Waals surface area contributed by atoms with Crippen molar-refractivity contribution in [2.24, 2.45) is 5.92 Å². The number of carbonyl (C=O) groups excluding carboxylic acids is 1. The van der Waals surface area contributed by atoms with Crippen LogP contribution in [0.3, 0.4) is 0 Å². The Labute approximate surface area is 165 Å². The number of pyridine rings is 1. The molecule has 1 saturated heterocycles. The van der Waals surface area contributed by atoms with E-state index in [1.54, 1.807) is 13.2 Å². The van der Waals surface area contributed by atoms with Crippen molar-refractivity contribution in [2.75, 3.05) is 27.3 Å². The van der Waals surface area contributed by atoms with E-state index < -0.39 is 5.82 Å². The number of Topliss-reactive ketones (excluding diaryl/α,β-unsaturated/α-hetero) is 1. The molecule has 5 nitrogen and oxygen atoms in total. The molecule has 2 heterocycles. The van der Waals surface area contributed by atoms with Gasteiger partial charge in [-0.3, -0.25) is 14.7 Å². The molecule has 6 heteroatoms. The number of likely N-dealkylation sites (tertiary alicyclic amines) is 1. The number of ether oxygens (including phenoxy) is 2. The molecule has 1 atom stereocenters. The summed E-state index contributed by atoms with van der Waals surface area (Å²) < 4.78 is 24.4. The molecule has 0 amide bonds. The molecule has 1 aliphatic heterocycles.